The van der Waals surface area contributed by atoms with Gasteiger partial charge in [0.25, 0.3) is 0 Å². The van der Waals surface area contributed by atoms with Crippen LogP contribution in [-0.4, -0.2) is 49.2 Å². The molecule has 7 nitrogen and oxygen atoms in total. The van der Waals surface area contributed by atoms with Crippen LogP contribution in [0.1, 0.15) is 38.7 Å². The summed E-state index contributed by atoms with van der Waals surface area (Å²) in [5.74, 6) is 1.51. The molecule has 7 heteroatoms. The fraction of sp³-hybridized carbons (Fsp3) is 0.462. The highest BCUT2D eigenvalue weighted by molar-refractivity contribution is 5.94. The van der Waals surface area contributed by atoms with Gasteiger partial charge in [0.05, 0.1) is 18.8 Å². The van der Waals surface area contributed by atoms with Crippen LogP contribution in [0.25, 0.3) is 0 Å². The molecule has 2 heterocycles. The first-order chi connectivity index (χ1) is 16.1. The normalized spacial score (nSPS) is 18.3. The third kappa shape index (κ3) is 5.24. The number of hydrogen-bond acceptors (Lipinski definition) is 4. The molecule has 2 aromatic rings. The third-order valence-electron chi connectivity index (χ3n) is 6.38. The molecule has 0 aliphatic carbocycles. The van der Waals surface area contributed by atoms with Crippen LogP contribution in [0, 0.1) is 5.92 Å². The van der Waals surface area contributed by atoms with Crippen LogP contribution in [0.3, 0.4) is 0 Å². The first-order valence-corrected chi connectivity index (χ1v) is 11.9. The molecule has 1 atom stereocenters. The van der Waals surface area contributed by atoms with E-state index in [-0.39, 0.29) is 24.0 Å². The number of piperidine rings is 1. The molecule has 0 radical (unpaired) electrons. The first-order valence-electron chi connectivity index (χ1n) is 11.9. The highest BCUT2D eigenvalue weighted by Crippen LogP contribution is 2.35. The van der Waals surface area contributed by atoms with Crippen LogP contribution < -0.4 is 19.7 Å². The van der Waals surface area contributed by atoms with E-state index in [4.69, 9.17) is 9.47 Å². The highest BCUT2D eigenvalue weighted by atomic mass is 16.5. The van der Waals surface area contributed by atoms with Gasteiger partial charge >= 0.3 is 6.03 Å². The Morgan fingerprint density at radius 3 is 2.55 bits per heavy atom. The number of rotatable bonds is 6. The maximum Gasteiger partial charge on any atom is 0.324 e. The summed E-state index contributed by atoms with van der Waals surface area (Å²) in [5, 5.41) is 3.05. The predicted molar refractivity (Wildman–Crippen MR) is 128 cm³/mol. The maximum atomic E-state index is 13.3. The Hall–Kier alpha value is -3.22. The molecule has 2 aromatic carbocycles. The number of nitrogens with zero attached hydrogens (tertiary/aromatic N) is 2. The van der Waals surface area contributed by atoms with E-state index in [2.05, 4.69) is 12.2 Å². The van der Waals surface area contributed by atoms with Crippen molar-refractivity contribution in [3.8, 4) is 11.5 Å². The first kappa shape index (κ1) is 23.0. The van der Waals surface area contributed by atoms with Crippen LogP contribution in [-0.2, 0) is 11.3 Å². The topological polar surface area (TPSA) is 71.1 Å². The second-order valence-electron chi connectivity index (χ2n) is 8.53. The quantitative estimate of drug-likeness (QED) is 0.714. The average Bonchev–Trinajstić information content (AvgIpc) is 2.87. The van der Waals surface area contributed by atoms with E-state index in [0.29, 0.717) is 45.6 Å². The van der Waals surface area contributed by atoms with Crippen molar-refractivity contribution in [2.75, 3.05) is 31.1 Å². The summed E-state index contributed by atoms with van der Waals surface area (Å²) in [7, 11) is 0. The van der Waals surface area contributed by atoms with Gasteiger partial charge in [-0.15, -0.1) is 0 Å². The molecule has 0 aromatic heterocycles. The standard InChI is InChI=1S/C26H33N3O4/c1-3-21-18-29(22-10-6-8-12-24(22)33-21)26(31)28-15-13-19(14-16-28)25(30)27-17-20-9-5-7-11-23(20)32-4-2/h5-12,19,21H,3-4,13-18H2,1-2H3,(H,27,30)/t21-/m1/s1. The molecule has 0 spiro atoms. The number of anilines is 1. The largest absolute Gasteiger partial charge is 0.494 e. The molecule has 1 fully saturated rings. The Balaban J connectivity index is 1.32. The SMILES string of the molecule is CCOc1ccccc1CNC(=O)C1CCN(C(=O)N2C[C@@H](CC)Oc3ccccc32)CC1. The number of amides is 3. The summed E-state index contributed by atoms with van der Waals surface area (Å²) in [6, 6.07) is 15.5. The summed E-state index contributed by atoms with van der Waals surface area (Å²) >= 11 is 0. The number of urea groups is 1. The number of nitrogens with one attached hydrogen (secondary N) is 1. The van der Waals surface area contributed by atoms with Crippen molar-refractivity contribution in [3.63, 3.8) is 0 Å². The van der Waals surface area contributed by atoms with E-state index in [1.54, 1.807) is 0 Å². The van der Waals surface area contributed by atoms with Crippen molar-refractivity contribution in [1.29, 1.82) is 0 Å². The van der Waals surface area contributed by atoms with Crippen LogP contribution in [0.5, 0.6) is 11.5 Å². The number of fused-ring (bicyclic) bond motifs is 1. The van der Waals surface area contributed by atoms with E-state index >= 15 is 0 Å². The lowest BCUT2D eigenvalue weighted by molar-refractivity contribution is -0.126. The van der Waals surface area contributed by atoms with Crippen LogP contribution in [0.15, 0.2) is 48.5 Å². The smallest absolute Gasteiger partial charge is 0.324 e. The van der Waals surface area contributed by atoms with Gasteiger partial charge < -0.3 is 19.7 Å². The number of ether oxygens (including phenoxy) is 2. The van der Waals surface area contributed by atoms with Gasteiger partial charge in [0, 0.05) is 31.1 Å². The Morgan fingerprint density at radius 1 is 1.06 bits per heavy atom. The fourth-order valence-corrected chi connectivity index (χ4v) is 4.47. The van der Waals surface area contributed by atoms with Crippen molar-refractivity contribution in [3.05, 3.63) is 54.1 Å². The molecule has 3 amide bonds. The van der Waals surface area contributed by atoms with E-state index in [1.807, 2.05) is 65.3 Å². The maximum absolute atomic E-state index is 13.3. The molecule has 0 saturated carbocycles. The van der Waals surface area contributed by atoms with Crippen molar-refractivity contribution in [2.24, 2.45) is 5.92 Å². The monoisotopic (exact) mass is 451 g/mol. The minimum atomic E-state index is -0.0892. The molecule has 2 aliphatic heterocycles. The number of benzene rings is 2. The molecule has 1 N–H and O–H groups in total. The lowest BCUT2D eigenvalue weighted by Gasteiger charge is -2.39. The number of carbonyl (C=O) groups excluding carboxylic acids is 2. The molecule has 1 saturated heterocycles. The van der Waals surface area contributed by atoms with Gasteiger partial charge in [0.15, 0.2) is 0 Å². The van der Waals surface area contributed by atoms with Crippen LogP contribution >= 0.6 is 0 Å². The second-order valence-corrected chi connectivity index (χ2v) is 8.53. The van der Waals surface area contributed by atoms with E-state index in [9.17, 15) is 9.59 Å². The summed E-state index contributed by atoms with van der Waals surface area (Å²) < 4.78 is 11.7. The Labute approximate surface area is 195 Å². The second kappa shape index (κ2) is 10.6. The average molecular weight is 452 g/mol. The lowest BCUT2D eigenvalue weighted by Crippen LogP contribution is -2.52. The number of likely N-dealkylation sites (tertiary alicyclic amines) is 1. The molecular weight excluding hydrogens is 418 g/mol. The van der Waals surface area contributed by atoms with Crippen molar-refractivity contribution in [2.45, 2.75) is 45.8 Å². The van der Waals surface area contributed by atoms with Crippen LogP contribution in [0.2, 0.25) is 0 Å². The van der Waals surface area contributed by atoms with Crippen molar-refractivity contribution < 1.29 is 19.1 Å². The van der Waals surface area contributed by atoms with Gasteiger partial charge in [-0.05, 0) is 44.4 Å². The molecule has 2 aliphatic rings. The Bertz CT molecular complexity index is 972. The third-order valence-corrected chi connectivity index (χ3v) is 6.38. The van der Waals surface area contributed by atoms with Gasteiger partial charge in [-0.1, -0.05) is 37.3 Å². The summed E-state index contributed by atoms with van der Waals surface area (Å²) in [5.41, 5.74) is 1.79. The zero-order valence-electron chi connectivity index (χ0n) is 19.5. The van der Waals surface area contributed by atoms with Gasteiger partial charge in [-0.2, -0.15) is 0 Å². The minimum absolute atomic E-state index is 0.00583. The zero-order chi connectivity index (χ0) is 23.2. The van der Waals surface area contributed by atoms with Crippen LogP contribution in [0.4, 0.5) is 10.5 Å². The highest BCUT2D eigenvalue weighted by Gasteiger charge is 2.34. The summed E-state index contributed by atoms with van der Waals surface area (Å²) in [4.78, 5) is 29.8. The summed E-state index contributed by atoms with van der Waals surface area (Å²) in [6.45, 7) is 6.74. The molecule has 4 rings (SSSR count). The molecule has 176 valence electrons. The van der Waals surface area contributed by atoms with E-state index < -0.39 is 0 Å². The van der Waals surface area contributed by atoms with Gasteiger partial charge in [-0.3, -0.25) is 9.69 Å². The van der Waals surface area contributed by atoms with Crippen molar-refractivity contribution in [1.82, 2.24) is 10.2 Å². The molecule has 33 heavy (non-hydrogen) atoms. The lowest BCUT2D eigenvalue weighted by atomic mass is 9.96. The molecular formula is C26H33N3O4. The van der Waals surface area contributed by atoms with E-state index in [0.717, 1.165) is 29.2 Å². The molecule has 0 unspecified atom stereocenters. The van der Waals surface area contributed by atoms with Gasteiger partial charge in [-0.25, -0.2) is 4.79 Å². The van der Waals surface area contributed by atoms with Crippen molar-refractivity contribution >= 4 is 17.6 Å². The van der Waals surface area contributed by atoms with Gasteiger partial charge in [0.2, 0.25) is 5.91 Å². The van der Waals surface area contributed by atoms with E-state index in [1.165, 1.54) is 0 Å². The number of hydrogen-bond donors (Lipinski definition) is 1. The number of carbonyl (C=O) groups is 2. The Kier molecular flexibility index (Phi) is 7.37. The summed E-state index contributed by atoms with van der Waals surface area (Å²) in [6.07, 6.45) is 2.15. The minimum Gasteiger partial charge on any atom is -0.494 e. The molecule has 0 bridgehead atoms. The number of para-hydroxylation sites is 3. The zero-order valence-corrected chi connectivity index (χ0v) is 19.5. The Morgan fingerprint density at radius 2 is 1.79 bits per heavy atom. The predicted octanol–water partition coefficient (Wildman–Crippen LogP) is 4.21. The fourth-order valence-electron chi connectivity index (χ4n) is 4.47. The van der Waals surface area contributed by atoms with Gasteiger partial charge in [0.1, 0.15) is 17.6 Å².